The maximum absolute atomic E-state index is 8.58. The van der Waals surface area contributed by atoms with Crippen molar-refractivity contribution in [3.63, 3.8) is 0 Å². The lowest BCUT2D eigenvalue weighted by Crippen LogP contribution is -2.34. The summed E-state index contributed by atoms with van der Waals surface area (Å²) in [7, 11) is 0. The molecule has 0 radical (unpaired) electrons. The summed E-state index contributed by atoms with van der Waals surface area (Å²) in [5.41, 5.74) is 0.463. The average Bonchev–Trinajstić information content (AvgIpc) is 2.49. The molecule has 0 saturated heterocycles. The van der Waals surface area contributed by atoms with Crippen LogP contribution in [0.1, 0.15) is 39.5 Å². The van der Waals surface area contributed by atoms with Crippen molar-refractivity contribution in [2.75, 3.05) is 6.54 Å². The maximum Gasteiger partial charge on any atom is 0.0924 e. The molecule has 0 spiro atoms. The second-order valence-electron chi connectivity index (χ2n) is 4.25. The van der Waals surface area contributed by atoms with Crippen LogP contribution in [0.3, 0.4) is 0 Å². The smallest absolute Gasteiger partial charge is 0.0924 e. The number of nitrogens with one attached hydrogen (secondary N) is 1. The minimum absolute atomic E-state index is 0.00225. The molecule has 0 heterocycles. The topological polar surface area (TPSA) is 35.8 Å². The van der Waals surface area contributed by atoms with Crippen molar-refractivity contribution in [2.24, 2.45) is 5.41 Å². The van der Waals surface area contributed by atoms with Gasteiger partial charge in [0.1, 0.15) is 0 Å². The first-order chi connectivity index (χ1) is 5.66. The van der Waals surface area contributed by atoms with Gasteiger partial charge in [-0.05, 0) is 25.2 Å². The number of rotatable bonds is 3. The first kappa shape index (κ1) is 9.54. The van der Waals surface area contributed by atoms with Crippen LogP contribution in [0.5, 0.6) is 0 Å². The minimum atomic E-state index is 0.00225. The molecule has 0 amide bonds. The third-order valence-corrected chi connectivity index (χ3v) is 2.84. The predicted octanol–water partition coefficient (Wildman–Crippen LogP) is 2.07. The largest absolute Gasteiger partial charge is 0.302 e. The summed E-state index contributed by atoms with van der Waals surface area (Å²) in [5, 5.41) is 11.8. The second kappa shape index (κ2) is 3.91. The molecule has 1 saturated carbocycles. The van der Waals surface area contributed by atoms with Crippen LogP contribution in [0.2, 0.25) is 0 Å². The van der Waals surface area contributed by atoms with Crippen LogP contribution in [-0.2, 0) is 0 Å². The number of nitriles is 1. The Kier molecular flexibility index (Phi) is 3.11. The van der Waals surface area contributed by atoms with Gasteiger partial charge in [-0.25, -0.2) is 0 Å². The highest BCUT2D eigenvalue weighted by Crippen LogP contribution is 2.36. The van der Waals surface area contributed by atoms with E-state index in [1.54, 1.807) is 0 Å². The lowest BCUT2D eigenvalue weighted by Gasteiger charge is -2.24. The molecule has 0 aliphatic heterocycles. The molecule has 2 heteroatoms. The Morgan fingerprint density at radius 2 is 2.08 bits per heavy atom. The number of hydrogen-bond acceptors (Lipinski definition) is 2. The average molecular weight is 166 g/mol. The predicted molar refractivity (Wildman–Crippen MR) is 49.7 cm³/mol. The summed E-state index contributed by atoms with van der Waals surface area (Å²) in [6, 6.07) is 2.20. The van der Waals surface area contributed by atoms with E-state index in [1.165, 1.54) is 25.7 Å². The van der Waals surface area contributed by atoms with E-state index < -0.39 is 0 Å². The molecule has 1 aliphatic carbocycles. The first-order valence-electron chi connectivity index (χ1n) is 4.79. The zero-order valence-electron chi connectivity index (χ0n) is 8.06. The molecule has 1 aliphatic rings. The molecular formula is C10H18N2. The molecule has 68 valence electrons. The second-order valence-corrected chi connectivity index (χ2v) is 4.25. The van der Waals surface area contributed by atoms with Crippen molar-refractivity contribution in [1.29, 1.82) is 5.26 Å². The summed E-state index contributed by atoms with van der Waals surface area (Å²) in [4.78, 5) is 0. The highest BCUT2D eigenvalue weighted by Gasteiger charge is 2.28. The van der Waals surface area contributed by atoms with Crippen LogP contribution in [-0.4, -0.2) is 12.6 Å². The van der Waals surface area contributed by atoms with Gasteiger partial charge in [0, 0.05) is 6.54 Å². The van der Waals surface area contributed by atoms with E-state index in [4.69, 9.17) is 5.26 Å². The van der Waals surface area contributed by atoms with Crippen molar-refractivity contribution in [2.45, 2.75) is 45.6 Å². The third kappa shape index (κ3) is 2.49. The molecule has 1 unspecified atom stereocenters. The standard InChI is InChI=1S/C10H18N2/c1-9(7-11)12-8-10(2)5-3-4-6-10/h9,12H,3-6,8H2,1-2H3. The zero-order valence-corrected chi connectivity index (χ0v) is 8.06. The summed E-state index contributed by atoms with van der Waals surface area (Å²) in [5.74, 6) is 0. The van der Waals surface area contributed by atoms with Crippen molar-refractivity contribution in [3.8, 4) is 6.07 Å². The molecular weight excluding hydrogens is 148 g/mol. The van der Waals surface area contributed by atoms with E-state index in [-0.39, 0.29) is 6.04 Å². The van der Waals surface area contributed by atoms with Crippen LogP contribution >= 0.6 is 0 Å². The molecule has 2 nitrogen and oxygen atoms in total. The summed E-state index contributed by atoms with van der Waals surface area (Å²) < 4.78 is 0. The zero-order chi connectivity index (χ0) is 9.03. The van der Waals surface area contributed by atoms with E-state index >= 15 is 0 Å². The van der Waals surface area contributed by atoms with Crippen molar-refractivity contribution >= 4 is 0 Å². The molecule has 1 rings (SSSR count). The van der Waals surface area contributed by atoms with Gasteiger partial charge in [0.25, 0.3) is 0 Å². The fraction of sp³-hybridized carbons (Fsp3) is 0.900. The molecule has 0 bridgehead atoms. The van der Waals surface area contributed by atoms with Crippen LogP contribution in [0.25, 0.3) is 0 Å². The minimum Gasteiger partial charge on any atom is -0.302 e. The van der Waals surface area contributed by atoms with E-state index in [2.05, 4.69) is 18.3 Å². The van der Waals surface area contributed by atoms with Crippen molar-refractivity contribution in [1.82, 2.24) is 5.32 Å². The van der Waals surface area contributed by atoms with Gasteiger partial charge in [0.2, 0.25) is 0 Å². The molecule has 1 N–H and O–H groups in total. The highest BCUT2D eigenvalue weighted by molar-refractivity contribution is 4.89. The molecule has 0 aromatic carbocycles. The van der Waals surface area contributed by atoms with Crippen LogP contribution in [0.4, 0.5) is 0 Å². The number of nitrogens with zero attached hydrogens (tertiary/aromatic N) is 1. The van der Waals surface area contributed by atoms with Gasteiger partial charge in [-0.1, -0.05) is 19.8 Å². The van der Waals surface area contributed by atoms with E-state index in [1.807, 2.05) is 6.92 Å². The molecule has 1 fully saturated rings. The Labute approximate surface area is 75.0 Å². The van der Waals surface area contributed by atoms with Gasteiger partial charge >= 0.3 is 0 Å². The highest BCUT2D eigenvalue weighted by atomic mass is 14.9. The van der Waals surface area contributed by atoms with Crippen molar-refractivity contribution in [3.05, 3.63) is 0 Å². The molecule has 0 aromatic rings. The summed E-state index contributed by atoms with van der Waals surface area (Å²) in [6.07, 6.45) is 5.36. The van der Waals surface area contributed by atoms with Gasteiger partial charge in [0.05, 0.1) is 12.1 Å². The van der Waals surface area contributed by atoms with Gasteiger partial charge in [0.15, 0.2) is 0 Å². The summed E-state index contributed by atoms with van der Waals surface area (Å²) >= 11 is 0. The maximum atomic E-state index is 8.58. The Morgan fingerprint density at radius 3 is 2.58 bits per heavy atom. The van der Waals surface area contributed by atoms with Crippen LogP contribution in [0, 0.1) is 16.7 Å². The van der Waals surface area contributed by atoms with E-state index in [9.17, 15) is 0 Å². The Bertz CT molecular complexity index is 175. The molecule has 12 heavy (non-hydrogen) atoms. The van der Waals surface area contributed by atoms with Gasteiger partial charge < -0.3 is 5.32 Å². The van der Waals surface area contributed by atoms with Gasteiger partial charge in [-0.15, -0.1) is 0 Å². The lowest BCUT2D eigenvalue weighted by molar-refractivity contribution is 0.310. The van der Waals surface area contributed by atoms with Crippen LogP contribution < -0.4 is 5.32 Å². The third-order valence-electron chi connectivity index (χ3n) is 2.84. The Balaban J connectivity index is 2.26. The SMILES string of the molecule is CC(C#N)NCC1(C)CCCC1. The monoisotopic (exact) mass is 166 g/mol. The van der Waals surface area contributed by atoms with E-state index in [0.29, 0.717) is 5.41 Å². The van der Waals surface area contributed by atoms with Gasteiger partial charge in [-0.3, -0.25) is 0 Å². The fourth-order valence-corrected chi connectivity index (χ4v) is 1.85. The van der Waals surface area contributed by atoms with Crippen molar-refractivity contribution < 1.29 is 0 Å². The normalized spacial score (nSPS) is 23.4. The first-order valence-corrected chi connectivity index (χ1v) is 4.79. The number of hydrogen-bond donors (Lipinski definition) is 1. The van der Waals surface area contributed by atoms with E-state index in [0.717, 1.165) is 6.54 Å². The summed E-state index contributed by atoms with van der Waals surface area (Å²) in [6.45, 7) is 5.23. The molecule has 0 aromatic heterocycles. The van der Waals surface area contributed by atoms with Gasteiger partial charge in [-0.2, -0.15) is 5.26 Å². The molecule has 1 atom stereocenters. The Hall–Kier alpha value is -0.550. The lowest BCUT2D eigenvalue weighted by atomic mass is 9.89. The quantitative estimate of drug-likeness (QED) is 0.696. The fourth-order valence-electron chi connectivity index (χ4n) is 1.85. The Morgan fingerprint density at radius 1 is 1.50 bits per heavy atom. The van der Waals surface area contributed by atoms with Crippen LogP contribution in [0.15, 0.2) is 0 Å².